The monoisotopic (exact) mass is 288 g/mol. The molecule has 21 heavy (non-hydrogen) atoms. The number of hydrogen-bond acceptors (Lipinski definition) is 2. The van der Waals surface area contributed by atoms with Gasteiger partial charge in [-0.2, -0.15) is 0 Å². The Morgan fingerprint density at radius 1 is 1.24 bits per heavy atom. The molecule has 0 heterocycles. The van der Waals surface area contributed by atoms with Gasteiger partial charge in [0, 0.05) is 24.8 Å². The van der Waals surface area contributed by atoms with Gasteiger partial charge in [0.15, 0.2) is 0 Å². The highest BCUT2D eigenvalue weighted by molar-refractivity contribution is 5.56. The summed E-state index contributed by atoms with van der Waals surface area (Å²) in [7, 11) is 2.04. The van der Waals surface area contributed by atoms with Crippen LogP contribution in [-0.4, -0.2) is 19.6 Å². The van der Waals surface area contributed by atoms with Gasteiger partial charge in [0.25, 0.3) is 0 Å². The highest BCUT2D eigenvalue weighted by atomic mass is 15.2. The van der Waals surface area contributed by atoms with E-state index in [1.54, 1.807) is 0 Å². The van der Waals surface area contributed by atoms with Gasteiger partial charge < -0.3 is 10.2 Å². The fraction of sp³-hybridized carbons (Fsp3) is 0.684. The Balaban J connectivity index is 2.25. The first-order valence-electron chi connectivity index (χ1n) is 8.62. The lowest BCUT2D eigenvalue weighted by atomic mass is 10.0. The number of nitrogens with zero attached hydrogens (tertiary/aromatic N) is 1. The van der Waals surface area contributed by atoms with Crippen LogP contribution in [0.5, 0.6) is 0 Å². The van der Waals surface area contributed by atoms with Crippen molar-refractivity contribution in [3.63, 3.8) is 0 Å². The van der Waals surface area contributed by atoms with Crippen LogP contribution in [-0.2, 0) is 6.54 Å². The summed E-state index contributed by atoms with van der Waals surface area (Å²) < 4.78 is 0. The van der Waals surface area contributed by atoms with Crippen LogP contribution in [0.1, 0.15) is 57.1 Å². The smallest absolute Gasteiger partial charge is 0.0414 e. The van der Waals surface area contributed by atoms with E-state index in [1.807, 2.05) is 7.05 Å². The topological polar surface area (TPSA) is 15.3 Å². The Morgan fingerprint density at radius 2 is 1.95 bits per heavy atom. The summed E-state index contributed by atoms with van der Waals surface area (Å²) in [6.45, 7) is 9.01. The van der Waals surface area contributed by atoms with Crippen molar-refractivity contribution in [1.82, 2.24) is 5.32 Å². The molecule has 1 fully saturated rings. The van der Waals surface area contributed by atoms with Crippen molar-refractivity contribution in [2.24, 2.45) is 5.92 Å². The van der Waals surface area contributed by atoms with E-state index in [-0.39, 0.29) is 0 Å². The molecule has 0 amide bonds. The molecule has 1 aromatic carbocycles. The minimum absolute atomic E-state index is 0.752. The molecule has 0 atom stereocenters. The molecule has 2 heteroatoms. The van der Waals surface area contributed by atoms with Crippen LogP contribution in [0.3, 0.4) is 0 Å². The molecule has 1 aliphatic rings. The molecule has 1 N–H and O–H groups in total. The van der Waals surface area contributed by atoms with Gasteiger partial charge in [-0.05, 0) is 50.8 Å². The number of rotatable bonds is 7. The lowest BCUT2D eigenvalue weighted by Crippen LogP contribution is -2.35. The first-order chi connectivity index (χ1) is 10.1. The quantitative estimate of drug-likeness (QED) is 0.794. The maximum absolute atomic E-state index is 3.34. The molecule has 0 unspecified atom stereocenters. The number of benzene rings is 1. The van der Waals surface area contributed by atoms with Crippen molar-refractivity contribution < 1.29 is 0 Å². The minimum Gasteiger partial charge on any atom is -0.368 e. The molecule has 0 aromatic heterocycles. The molecule has 2 nitrogen and oxygen atoms in total. The van der Waals surface area contributed by atoms with E-state index in [0.29, 0.717) is 0 Å². The second kappa shape index (κ2) is 7.84. The van der Waals surface area contributed by atoms with E-state index in [0.717, 1.165) is 18.5 Å². The molecule has 0 radical (unpaired) electrons. The Labute approximate surface area is 130 Å². The zero-order valence-electron chi connectivity index (χ0n) is 14.3. The second-order valence-electron chi connectivity index (χ2n) is 6.98. The van der Waals surface area contributed by atoms with Crippen LogP contribution < -0.4 is 10.2 Å². The predicted octanol–water partition coefficient (Wildman–Crippen LogP) is 4.51. The molecule has 1 aromatic rings. The van der Waals surface area contributed by atoms with E-state index in [1.165, 1.54) is 55.5 Å². The van der Waals surface area contributed by atoms with Crippen LogP contribution >= 0.6 is 0 Å². The van der Waals surface area contributed by atoms with Crippen molar-refractivity contribution in [3.8, 4) is 0 Å². The molecule has 1 saturated carbocycles. The van der Waals surface area contributed by atoms with Gasteiger partial charge in [-0.25, -0.2) is 0 Å². The standard InChI is InChI=1S/C19H32N2/c1-15(2)11-12-21(18-7-5-6-8-18)19-10-9-16(3)13-17(19)14-20-4/h9-10,13,15,18,20H,5-8,11-12,14H2,1-4H3. The Hall–Kier alpha value is -1.02. The summed E-state index contributed by atoms with van der Waals surface area (Å²) in [5.74, 6) is 0.770. The fourth-order valence-electron chi connectivity index (χ4n) is 3.44. The van der Waals surface area contributed by atoms with Gasteiger partial charge in [-0.1, -0.05) is 44.4 Å². The van der Waals surface area contributed by atoms with Crippen molar-refractivity contribution in [1.29, 1.82) is 0 Å². The summed E-state index contributed by atoms with van der Waals surface area (Å²) in [5.41, 5.74) is 4.27. The first-order valence-corrected chi connectivity index (χ1v) is 8.62. The summed E-state index contributed by atoms with van der Waals surface area (Å²) in [6, 6.07) is 7.72. The Morgan fingerprint density at radius 3 is 2.57 bits per heavy atom. The van der Waals surface area contributed by atoms with Gasteiger partial charge in [-0.15, -0.1) is 0 Å². The third-order valence-electron chi connectivity index (χ3n) is 4.62. The van der Waals surface area contributed by atoms with Gasteiger partial charge >= 0.3 is 0 Å². The maximum atomic E-state index is 3.34. The molecule has 2 rings (SSSR count). The molecule has 1 aliphatic carbocycles. The molecule has 0 saturated heterocycles. The number of hydrogen-bond donors (Lipinski definition) is 1. The highest BCUT2D eigenvalue weighted by Crippen LogP contribution is 2.31. The minimum atomic E-state index is 0.752. The van der Waals surface area contributed by atoms with Crippen LogP contribution in [0.4, 0.5) is 5.69 Å². The molecule has 118 valence electrons. The number of aryl methyl sites for hydroxylation is 1. The summed E-state index contributed by atoms with van der Waals surface area (Å²) in [4.78, 5) is 2.71. The summed E-state index contributed by atoms with van der Waals surface area (Å²) in [5, 5.41) is 3.34. The van der Waals surface area contributed by atoms with Crippen molar-refractivity contribution in [2.45, 2.75) is 65.5 Å². The van der Waals surface area contributed by atoms with Crippen LogP contribution in [0.15, 0.2) is 18.2 Å². The largest absolute Gasteiger partial charge is 0.368 e. The molecular formula is C19H32N2. The third kappa shape index (κ3) is 4.47. The van der Waals surface area contributed by atoms with E-state index < -0.39 is 0 Å². The zero-order chi connectivity index (χ0) is 15.2. The number of nitrogens with one attached hydrogen (secondary N) is 1. The molecule has 0 spiro atoms. The average Bonchev–Trinajstić information content (AvgIpc) is 2.95. The van der Waals surface area contributed by atoms with Crippen LogP contribution in [0.25, 0.3) is 0 Å². The normalized spacial score (nSPS) is 15.9. The van der Waals surface area contributed by atoms with Crippen molar-refractivity contribution in [3.05, 3.63) is 29.3 Å². The second-order valence-corrected chi connectivity index (χ2v) is 6.98. The van der Waals surface area contributed by atoms with Crippen LogP contribution in [0, 0.1) is 12.8 Å². The lowest BCUT2D eigenvalue weighted by molar-refractivity contribution is 0.527. The van der Waals surface area contributed by atoms with Crippen molar-refractivity contribution in [2.75, 3.05) is 18.5 Å². The third-order valence-corrected chi connectivity index (χ3v) is 4.62. The van der Waals surface area contributed by atoms with E-state index in [9.17, 15) is 0 Å². The van der Waals surface area contributed by atoms with Gasteiger partial charge in [-0.3, -0.25) is 0 Å². The van der Waals surface area contributed by atoms with Crippen molar-refractivity contribution >= 4 is 5.69 Å². The predicted molar refractivity (Wildman–Crippen MR) is 93.0 cm³/mol. The molecular weight excluding hydrogens is 256 g/mol. The zero-order valence-corrected chi connectivity index (χ0v) is 14.3. The summed E-state index contributed by atoms with van der Waals surface area (Å²) in [6.07, 6.45) is 6.81. The Bertz CT molecular complexity index is 433. The fourth-order valence-corrected chi connectivity index (χ4v) is 3.44. The average molecular weight is 288 g/mol. The maximum Gasteiger partial charge on any atom is 0.0414 e. The lowest BCUT2D eigenvalue weighted by Gasteiger charge is -2.34. The first kappa shape index (κ1) is 16.4. The van der Waals surface area contributed by atoms with Gasteiger partial charge in [0.2, 0.25) is 0 Å². The van der Waals surface area contributed by atoms with E-state index in [4.69, 9.17) is 0 Å². The molecule has 0 bridgehead atoms. The SMILES string of the molecule is CNCc1cc(C)ccc1N(CCC(C)C)C1CCCC1. The van der Waals surface area contributed by atoms with Gasteiger partial charge in [0.05, 0.1) is 0 Å². The number of anilines is 1. The van der Waals surface area contributed by atoms with Crippen LogP contribution in [0.2, 0.25) is 0 Å². The molecule has 0 aliphatic heterocycles. The highest BCUT2D eigenvalue weighted by Gasteiger charge is 2.24. The summed E-state index contributed by atoms with van der Waals surface area (Å²) >= 11 is 0. The van der Waals surface area contributed by atoms with E-state index >= 15 is 0 Å². The van der Waals surface area contributed by atoms with Gasteiger partial charge in [0.1, 0.15) is 0 Å². The van der Waals surface area contributed by atoms with E-state index in [2.05, 4.69) is 49.2 Å². The Kier molecular flexibility index (Phi) is 6.10.